The zero-order chi connectivity index (χ0) is 17.1. The second-order valence-electron chi connectivity index (χ2n) is 6.67. The van der Waals surface area contributed by atoms with Gasteiger partial charge in [0, 0.05) is 12.1 Å². The smallest absolute Gasteiger partial charge is 0.203 e. The molecule has 24 heavy (non-hydrogen) atoms. The van der Waals surface area contributed by atoms with Gasteiger partial charge in [-0.2, -0.15) is 4.68 Å². The van der Waals surface area contributed by atoms with Crippen LogP contribution in [0.2, 0.25) is 0 Å². The summed E-state index contributed by atoms with van der Waals surface area (Å²) in [7, 11) is 1.68. The molecule has 6 heteroatoms. The summed E-state index contributed by atoms with van der Waals surface area (Å²) in [6, 6.07) is 8.02. The molecule has 0 aliphatic carbocycles. The number of ether oxygens (including phenoxy) is 1. The molecule has 0 saturated carbocycles. The molecule has 5 nitrogen and oxygen atoms in total. The average Bonchev–Trinajstić information content (AvgIpc) is 2.93. The van der Waals surface area contributed by atoms with Crippen LogP contribution in [0, 0.1) is 10.7 Å². The molecule has 0 unspecified atom stereocenters. The lowest BCUT2D eigenvalue weighted by molar-refractivity contribution is -0.929. The van der Waals surface area contributed by atoms with Crippen LogP contribution in [-0.4, -0.2) is 34.5 Å². The van der Waals surface area contributed by atoms with Crippen LogP contribution in [0.4, 0.5) is 0 Å². The van der Waals surface area contributed by atoms with Gasteiger partial charge < -0.3 is 14.2 Å². The second-order valence-corrected chi connectivity index (χ2v) is 7.03. The lowest BCUT2D eigenvalue weighted by Gasteiger charge is -2.26. The summed E-state index contributed by atoms with van der Waals surface area (Å²) >= 11 is 5.68. The maximum absolute atomic E-state index is 5.68. The number of benzene rings is 1. The summed E-state index contributed by atoms with van der Waals surface area (Å²) in [5, 5.41) is 4.83. The van der Waals surface area contributed by atoms with Gasteiger partial charge in [-0.1, -0.05) is 6.92 Å². The van der Waals surface area contributed by atoms with Crippen LogP contribution in [0.1, 0.15) is 26.7 Å². The summed E-state index contributed by atoms with van der Waals surface area (Å²) in [6.45, 7) is 8.56. The van der Waals surface area contributed by atoms with Gasteiger partial charge in [-0.05, 0) is 62.2 Å². The minimum Gasteiger partial charge on any atom is -0.497 e. The van der Waals surface area contributed by atoms with Crippen LogP contribution in [-0.2, 0) is 13.2 Å². The Morgan fingerprint density at radius 3 is 2.50 bits per heavy atom. The molecule has 0 atom stereocenters. The quantitative estimate of drug-likeness (QED) is 0.844. The number of nitrogens with zero attached hydrogens (tertiary/aromatic N) is 3. The molecule has 1 aliphatic heterocycles. The predicted octanol–water partition coefficient (Wildman–Crippen LogP) is 2.38. The molecule has 1 fully saturated rings. The van der Waals surface area contributed by atoms with Crippen LogP contribution in [0.15, 0.2) is 24.3 Å². The summed E-state index contributed by atoms with van der Waals surface area (Å²) in [4.78, 5) is 1.58. The zero-order valence-corrected chi connectivity index (χ0v) is 15.6. The van der Waals surface area contributed by atoms with Crippen LogP contribution in [0.5, 0.6) is 5.75 Å². The van der Waals surface area contributed by atoms with Gasteiger partial charge >= 0.3 is 0 Å². The van der Waals surface area contributed by atoms with Crippen molar-refractivity contribution in [3.63, 3.8) is 0 Å². The Morgan fingerprint density at radius 1 is 1.25 bits per heavy atom. The first-order valence-corrected chi connectivity index (χ1v) is 9.18. The molecular formula is C18H27N4OS+. The third-order valence-electron chi connectivity index (χ3n) is 4.94. The Labute approximate surface area is 148 Å². The Morgan fingerprint density at radius 2 is 1.92 bits per heavy atom. The number of rotatable bonds is 5. The second kappa shape index (κ2) is 7.49. The Kier molecular flexibility index (Phi) is 5.36. The van der Waals surface area contributed by atoms with Crippen molar-refractivity contribution in [2.24, 2.45) is 5.92 Å². The average molecular weight is 348 g/mol. The Bertz CT molecular complexity index is 726. The summed E-state index contributed by atoms with van der Waals surface area (Å²) in [5.41, 5.74) is 1.07. The van der Waals surface area contributed by atoms with Crippen molar-refractivity contribution in [1.29, 1.82) is 0 Å². The summed E-state index contributed by atoms with van der Waals surface area (Å²) < 4.78 is 10.2. The number of nitrogens with one attached hydrogen (secondary N) is 1. The van der Waals surface area contributed by atoms with Crippen molar-refractivity contribution in [1.82, 2.24) is 14.3 Å². The number of hydrogen-bond acceptors (Lipinski definition) is 3. The molecule has 3 rings (SSSR count). The lowest BCUT2D eigenvalue weighted by Crippen LogP contribution is -3.12. The van der Waals surface area contributed by atoms with Crippen molar-refractivity contribution >= 4 is 12.2 Å². The first kappa shape index (κ1) is 17.2. The van der Waals surface area contributed by atoms with Gasteiger partial charge in [0.2, 0.25) is 4.77 Å². The standard InChI is InChI=1S/C18H26N4OS/c1-4-21-17(15-5-7-16(23-3)8-6-15)19-22(18(21)24)13-20-11-9-14(2)10-12-20/h5-8,14H,4,9-13H2,1-3H3/p+1. The van der Waals surface area contributed by atoms with E-state index in [1.807, 2.05) is 28.9 Å². The fourth-order valence-corrected chi connectivity index (χ4v) is 3.64. The van der Waals surface area contributed by atoms with E-state index in [1.54, 1.807) is 12.0 Å². The van der Waals surface area contributed by atoms with Crippen molar-refractivity contribution in [2.45, 2.75) is 39.9 Å². The van der Waals surface area contributed by atoms with Crippen molar-refractivity contribution in [3.8, 4) is 17.1 Å². The third kappa shape index (κ3) is 3.54. The number of aromatic nitrogens is 3. The van der Waals surface area contributed by atoms with Gasteiger partial charge in [-0.25, -0.2) is 0 Å². The van der Waals surface area contributed by atoms with E-state index >= 15 is 0 Å². The van der Waals surface area contributed by atoms with E-state index in [0.717, 1.165) is 41.0 Å². The van der Waals surface area contributed by atoms with Gasteiger partial charge in [0.05, 0.1) is 20.2 Å². The highest BCUT2D eigenvalue weighted by atomic mass is 32.1. The number of hydrogen-bond donors (Lipinski definition) is 1. The van der Waals surface area contributed by atoms with Crippen molar-refractivity contribution in [3.05, 3.63) is 29.0 Å². The van der Waals surface area contributed by atoms with Gasteiger partial charge in [0.15, 0.2) is 12.5 Å². The number of quaternary nitrogens is 1. The van der Waals surface area contributed by atoms with E-state index in [-0.39, 0.29) is 0 Å². The molecular weight excluding hydrogens is 320 g/mol. The first-order chi connectivity index (χ1) is 11.6. The van der Waals surface area contributed by atoms with Crippen LogP contribution in [0.3, 0.4) is 0 Å². The van der Waals surface area contributed by atoms with E-state index in [0.29, 0.717) is 0 Å². The Balaban J connectivity index is 1.86. The molecule has 1 aliphatic rings. The summed E-state index contributed by atoms with van der Waals surface area (Å²) in [6.07, 6.45) is 2.59. The van der Waals surface area contributed by atoms with Gasteiger partial charge in [-0.15, -0.1) is 5.10 Å². The van der Waals surface area contributed by atoms with E-state index in [4.69, 9.17) is 22.1 Å². The molecule has 1 aromatic heterocycles. The van der Waals surface area contributed by atoms with E-state index < -0.39 is 0 Å². The molecule has 0 bridgehead atoms. The fourth-order valence-electron chi connectivity index (χ4n) is 3.32. The molecule has 0 radical (unpaired) electrons. The minimum absolute atomic E-state index is 0.814. The minimum atomic E-state index is 0.814. The maximum Gasteiger partial charge on any atom is 0.203 e. The number of methoxy groups -OCH3 is 1. The molecule has 1 saturated heterocycles. The molecule has 1 aromatic carbocycles. The van der Waals surface area contributed by atoms with E-state index in [2.05, 4.69) is 18.4 Å². The van der Waals surface area contributed by atoms with E-state index in [1.165, 1.54) is 25.9 Å². The maximum atomic E-state index is 5.68. The molecule has 0 spiro atoms. The number of piperidine rings is 1. The summed E-state index contributed by atoms with van der Waals surface area (Å²) in [5.74, 6) is 2.64. The molecule has 1 N–H and O–H groups in total. The topological polar surface area (TPSA) is 36.4 Å². The van der Waals surface area contributed by atoms with Gasteiger partial charge in [0.25, 0.3) is 0 Å². The SMILES string of the molecule is CCn1c(-c2ccc(OC)cc2)nn(C[NH+]2CCC(C)CC2)c1=S. The monoisotopic (exact) mass is 347 g/mol. The van der Waals surface area contributed by atoms with E-state index in [9.17, 15) is 0 Å². The number of likely N-dealkylation sites (tertiary alicyclic amines) is 1. The highest BCUT2D eigenvalue weighted by Crippen LogP contribution is 2.21. The zero-order valence-electron chi connectivity index (χ0n) is 14.8. The van der Waals surface area contributed by atoms with Crippen molar-refractivity contribution in [2.75, 3.05) is 20.2 Å². The van der Waals surface area contributed by atoms with Crippen molar-refractivity contribution < 1.29 is 9.64 Å². The van der Waals surface area contributed by atoms with Gasteiger partial charge in [-0.3, -0.25) is 0 Å². The molecule has 0 amide bonds. The van der Waals surface area contributed by atoms with Crippen LogP contribution in [0.25, 0.3) is 11.4 Å². The Hall–Kier alpha value is -1.66. The third-order valence-corrected chi connectivity index (χ3v) is 5.37. The predicted molar refractivity (Wildman–Crippen MR) is 97.8 cm³/mol. The lowest BCUT2D eigenvalue weighted by atomic mass is 10.00. The molecule has 2 heterocycles. The van der Waals surface area contributed by atoms with Crippen LogP contribution >= 0.6 is 12.2 Å². The normalized spacial score (nSPS) is 21.0. The fraction of sp³-hybridized carbons (Fsp3) is 0.556. The highest BCUT2D eigenvalue weighted by molar-refractivity contribution is 7.71. The first-order valence-electron chi connectivity index (χ1n) is 8.78. The van der Waals surface area contributed by atoms with Gasteiger partial charge in [0.1, 0.15) is 5.75 Å². The molecule has 130 valence electrons. The highest BCUT2D eigenvalue weighted by Gasteiger charge is 2.21. The largest absolute Gasteiger partial charge is 0.497 e. The van der Waals surface area contributed by atoms with Crippen LogP contribution < -0.4 is 9.64 Å². The molecule has 2 aromatic rings.